The van der Waals surface area contributed by atoms with Crippen LogP contribution in [0.1, 0.15) is 24.8 Å². The van der Waals surface area contributed by atoms with Crippen LogP contribution in [0.15, 0.2) is 18.2 Å². The molecule has 1 aromatic carbocycles. The van der Waals surface area contributed by atoms with Crippen LogP contribution >= 0.6 is 23.2 Å². The van der Waals surface area contributed by atoms with Crippen molar-refractivity contribution in [2.75, 3.05) is 13.2 Å². The lowest BCUT2D eigenvalue weighted by atomic mass is 10.1. The van der Waals surface area contributed by atoms with Crippen molar-refractivity contribution in [3.63, 3.8) is 0 Å². The summed E-state index contributed by atoms with van der Waals surface area (Å²) in [6.45, 7) is 0.797. The molecule has 0 saturated carbocycles. The Hall–Kier alpha value is -0.770. The summed E-state index contributed by atoms with van der Waals surface area (Å²) in [7, 11) is 0. The first-order valence-corrected chi connectivity index (χ1v) is 7.21. The number of amides is 1. The fourth-order valence-electron chi connectivity index (χ4n) is 2.46. The number of carbonyl (C=O) groups excluding carboxylic acids is 1. The Kier molecular flexibility index (Phi) is 5.08. The summed E-state index contributed by atoms with van der Waals surface area (Å²) in [6, 6.07) is 5.31. The number of aliphatic hydroxyl groups is 1. The van der Waals surface area contributed by atoms with Crippen LogP contribution in [0.2, 0.25) is 10.0 Å². The first-order chi connectivity index (χ1) is 9.11. The van der Waals surface area contributed by atoms with Crippen LogP contribution in [0, 0.1) is 0 Å². The van der Waals surface area contributed by atoms with Gasteiger partial charge >= 0.3 is 0 Å². The largest absolute Gasteiger partial charge is 0.394 e. The van der Waals surface area contributed by atoms with Gasteiger partial charge in [-0.1, -0.05) is 29.3 Å². The fourth-order valence-corrected chi connectivity index (χ4v) is 2.97. The van der Waals surface area contributed by atoms with Gasteiger partial charge in [0.1, 0.15) is 0 Å². The fraction of sp³-hybridized carbons (Fsp3) is 0.500. The minimum absolute atomic E-state index is 0.00631. The van der Waals surface area contributed by atoms with Gasteiger partial charge in [0.05, 0.1) is 12.6 Å². The van der Waals surface area contributed by atoms with Gasteiger partial charge in [0.25, 0.3) is 0 Å². The minimum atomic E-state index is -0.00631. The van der Waals surface area contributed by atoms with Crippen LogP contribution in [0.5, 0.6) is 0 Å². The van der Waals surface area contributed by atoms with Gasteiger partial charge < -0.3 is 10.0 Å². The van der Waals surface area contributed by atoms with E-state index in [1.165, 1.54) is 0 Å². The molecule has 1 fully saturated rings. The molecule has 2 rings (SSSR count). The van der Waals surface area contributed by atoms with Crippen molar-refractivity contribution in [2.45, 2.75) is 31.7 Å². The molecule has 1 amide bonds. The maximum Gasteiger partial charge on any atom is 0.223 e. The van der Waals surface area contributed by atoms with Crippen molar-refractivity contribution in [1.29, 1.82) is 0 Å². The second-order valence-electron chi connectivity index (χ2n) is 4.80. The van der Waals surface area contributed by atoms with Crippen molar-refractivity contribution in [1.82, 2.24) is 4.90 Å². The lowest BCUT2D eigenvalue weighted by Crippen LogP contribution is -2.37. The third-order valence-corrected chi connectivity index (χ3v) is 4.12. The summed E-state index contributed by atoms with van der Waals surface area (Å²) in [5, 5.41) is 10.4. The first-order valence-electron chi connectivity index (χ1n) is 6.46. The van der Waals surface area contributed by atoms with Crippen molar-refractivity contribution in [3.8, 4) is 0 Å². The van der Waals surface area contributed by atoms with E-state index in [9.17, 15) is 9.90 Å². The molecule has 1 heterocycles. The van der Waals surface area contributed by atoms with E-state index in [0.717, 1.165) is 24.9 Å². The molecule has 1 aliphatic rings. The summed E-state index contributed by atoms with van der Waals surface area (Å²) in [6.07, 6.45) is 2.88. The zero-order chi connectivity index (χ0) is 13.8. The Morgan fingerprint density at radius 3 is 2.89 bits per heavy atom. The molecular formula is C14H17Cl2NO2. The Bertz CT molecular complexity index is 465. The van der Waals surface area contributed by atoms with Gasteiger partial charge in [-0.2, -0.15) is 0 Å². The van der Waals surface area contributed by atoms with Crippen molar-refractivity contribution < 1.29 is 9.90 Å². The third-order valence-electron chi connectivity index (χ3n) is 3.53. The maximum absolute atomic E-state index is 12.1. The Morgan fingerprint density at radius 1 is 1.42 bits per heavy atom. The van der Waals surface area contributed by atoms with E-state index in [0.29, 0.717) is 22.9 Å². The highest BCUT2D eigenvalue weighted by atomic mass is 35.5. The molecule has 1 atom stereocenters. The standard InChI is InChI=1S/C14H17Cl2NO2/c15-11-5-3-10(13(16)8-11)4-6-14(19)17-7-1-2-12(17)9-18/h3,5,8,12,18H,1-2,4,6-7,9H2/t12-/m1/s1. The normalized spacial score (nSPS) is 18.9. The average Bonchev–Trinajstić information content (AvgIpc) is 2.85. The van der Waals surface area contributed by atoms with E-state index in [-0.39, 0.29) is 18.6 Å². The number of carbonyl (C=O) groups is 1. The second-order valence-corrected chi connectivity index (χ2v) is 5.65. The van der Waals surface area contributed by atoms with E-state index >= 15 is 0 Å². The maximum atomic E-state index is 12.1. The Morgan fingerprint density at radius 2 is 2.21 bits per heavy atom. The average molecular weight is 302 g/mol. The van der Waals surface area contributed by atoms with E-state index < -0.39 is 0 Å². The van der Waals surface area contributed by atoms with Gasteiger partial charge in [0.15, 0.2) is 0 Å². The van der Waals surface area contributed by atoms with Crippen molar-refractivity contribution in [2.24, 2.45) is 0 Å². The number of halogens is 2. The van der Waals surface area contributed by atoms with E-state index in [1.54, 1.807) is 17.0 Å². The van der Waals surface area contributed by atoms with Crippen molar-refractivity contribution >= 4 is 29.1 Å². The summed E-state index contributed by atoms with van der Waals surface area (Å²) < 4.78 is 0. The number of likely N-dealkylation sites (tertiary alicyclic amines) is 1. The summed E-state index contributed by atoms with van der Waals surface area (Å²) in [5.41, 5.74) is 0.930. The SMILES string of the molecule is O=C(CCc1ccc(Cl)cc1Cl)N1CCC[C@@H]1CO. The number of hydrogen-bond acceptors (Lipinski definition) is 2. The smallest absolute Gasteiger partial charge is 0.223 e. The van der Waals surface area contributed by atoms with Gasteiger partial charge in [-0.3, -0.25) is 4.79 Å². The van der Waals surface area contributed by atoms with E-state index in [4.69, 9.17) is 23.2 Å². The van der Waals surface area contributed by atoms with Crippen LogP contribution in [-0.4, -0.2) is 35.1 Å². The van der Waals surface area contributed by atoms with Gasteiger partial charge in [-0.25, -0.2) is 0 Å². The number of rotatable bonds is 4. The number of aryl methyl sites for hydroxylation is 1. The first kappa shape index (κ1) is 14.6. The predicted molar refractivity (Wildman–Crippen MR) is 76.6 cm³/mol. The molecule has 0 spiro atoms. The molecule has 1 saturated heterocycles. The zero-order valence-corrected chi connectivity index (χ0v) is 12.1. The molecule has 1 aliphatic heterocycles. The molecule has 5 heteroatoms. The molecule has 1 N–H and O–H groups in total. The quantitative estimate of drug-likeness (QED) is 0.929. The summed E-state index contributed by atoms with van der Waals surface area (Å²) in [5.74, 6) is 0.0857. The summed E-state index contributed by atoms with van der Waals surface area (Å²) in [4.78, 5) is 13.9. The molecule has 1 aromatic rings. The van der Waals surface area contributed by atoms with Crippen LogP contribution in [-0.2, 0) is 11.2 Å². The monoisotopic (exact) mass is 301 g/mol. The number of hydrogen-bond donors (Lipinski definition) is 1. The van der Waals surface area contributed by atoms with Crippen LogP contribution in [0.4, 0.5) is 0 Å². The number of benzene rings is 1. The molecule has 19 heavy (non-hydrogen) atoms. The van der Waals surface area contributed by atoms with Gasteiger partial charge in [0, 0.05) is 23.0 Å². The topological polar surface area (TPSA) is 40.5 Å². The highest BCUT2D eigenvalue weighted by Gasteiger charge is 2.27. The lowest BCUT2D eigenvalue weighted by molar-refractivity contribution is -0.132. The van der Waals surface area contributed by atoms with Gasteiger partial charge in [-0.05, 0) is 37.0 Å². The molecular weight excluding hydrogens is 285 g/mol. The lowest BCUT2D eigenvalue weighted by Gasteiger charge is -2.23. The van der Waals surface area contributed by atoms with Gasteiger partial charge in [0.2, 0.25) is 5.91 Å². The molecule has 0 aromatic heterocycles. The molecule has 0 bridgehead atoms. The minimum Gasteiger partial charge on any atom is -0.394 e. The zero-order valence-electron chi connectivity index (χ0n) is 10.6. The van der Waals surface area contributed by atoms with Crippen LogP contribution in [0.25, 0.3) is 0 Å². The molecule has 0 radical (unpaired) electrons. The van der Waals surface area contributed by atoms with E-state index in [2.05, 4.69) is 0 Å². The molecule has 0 unspecified atom stereocenters. The van der Waals surface area contributed by atoms with Crippen LogP contribution in [0.3, 0.4) is 0 Å². The third kappa shape index (κ3) is 3.62. The second kappa shape index (κ2) is 6.60. The highest BCUT2D eigenvalue weighted by molar-refractivity contribution is 6.35. The van der Waals surface area contributed by atoms with Crippen LogP contribution < -0.4 is 0 Å². The van der Waals surface area contributed by atoms with E-state index in [1.807, 2.05) is 6.07 Å². The molecule has 104 valence electrons. The molecule has 3 nitrogen and oxygen atoms in total. The Labute approximate surface area is 123 Å². The summed E-state index contributed by atoms with van der Waals surface area (Å²) >= 11 is 11.9. The Balaban J connectivity index is 1.93. The highest BCUT2D eigenvalue weighted by Crippen LogP contribution is 2.23. The number of nitrogens with zero attached hydrogens (tertiary/aromatic N) is 1. The van der Waals surface area contributed by atoms with Gasteiger partial charge in [-0.15, -0.1) is 0 Å². The van der Waals surface area contributed by atoms with Crippen molar-refractivity contribution in [3.05, 3.63) is 33.8 Å². The molecule has 0 aliphatic carbocycles. The predicted octanol–water partition coefficient (Wildman–Crippen LogP) is 2.91. The number of aliphatic hydroxyl groups excluding tert-OH is 1.